The fourth-order valence-corrected chi connectivity index (χ4v) is 6.71. The van der Waals surface area contributed by atoms with Gasteiger partial charge in [-0.3, -0.25) is 14.3 Å². The highest BCUT2D eigenvalue weighted by Gasteiger charge is 2.37. The molecule has 0 spiro atoms. The van der Waals surface area contributed by atoms with Crippen molar-refractivity contribution in [2.75, 3.05) is 26.5 Å². The Bertz CT molecular complexity index is 2350. The van der Waals surface area contributed by atoms with E-state index in [0.29, 0.717) is 22.7 Å². The van der Waals surface area contributed by atoms with E-state index in [1.54, 1.807) is 13.0 Å². The number of aromatic nitrogens is 3. The number of hydrogen-bond acceptors (Lipinski definition) is 9. The predicted octanol–water partition coefficient (Wildman–Crippen LogP) is 4.87. The minimum atomic E-state index is -3.80. The number of nitrogens with zero attached hydrogens (tertiary/aromatic N) is 3. The van der Waals surface area contributed by atoms with E-state index in [9.17, 15) is 27.5 Å². The Balaban J connectivity index is 1.51. The summed E-state index contributed by atoms with van der Waals surface area (Å²) in [5.74, 6) is -3.31. The molecule has 2 amide bonds. The quantitative estimate of drug-likeness (QED) is 0.142. The Morgan fingerprint density at radius 1 is 1.13 bits per heavy atom. The van der Waals surface area contributed by atoms with Crippen LogP contribution in [0.1, 0.15) is 53.0 Å². The molecule has 6 rings (SSSR count). The minimum Gasteiger partial charge on any atom is -0.494 e. The van der Waals surface area contributed by atoms with E-state index in [-0.39, 0.29) is 56.9 Å². The number of methoxy groups -OCH3 is 1. The Kier molecular flexibility index (Phi) is 9.96. The number of pyridine rings is 1. The average molecular weight is 754 g/mol. The molecule has 1 fully saturated rings. The first-order chi connectivity index (χ1) is 24.6. The number of nitrogens with one attached hydrogen (secondary N) is 1. The lowest BCUT2D eigenvalue weighted by molar-refractivity contribution is -0.117. The molecule has 0 aliphatic heterocycles. The number of amides is 2. The Morgan fingerprint density at radius 3 is 2.54 bits per heavy atom. The number of halogens is 3. The van der Waals surface area contributed by atoms with Crippen LogP contribution in [-0.2, 0) is 26.7 Å². The van der Waals surface area contributed by atoms with E-state index in [0.717, 1.165) is 25.2 Å². The van der Waals surface area contributed by atoms with Crippen LogP contribution in [0.4, 0.5) is 8.78 Å². The van der Waals surface area contributed by atoms with Crippen LogP contribution in [-0.4, -0.2) is 66.6 Å². The number of ether oxygens (including phenoxy) is 2. The largest absolute Gasteiger partial charge is 0.494 e. The van der Waals surface area contributed by atoms with Crippen molar-refractivity contribution in [1.82, 2.24) is 20.1 Å². The summed E-state index contributed by atoms with van der Waals surface area (Å²) in [5.41, 5.74) is 3.17. The maximum absolute atomic E-state index is 15.4. The van der Waals surface area contributed by atoms with Crippen molar-refractivity contribution in [2.24, 2.45) is 5.73 Å². The highest BCUT2D eigenvalue weighted by molar-refractivity contribution is 7.90. The van der Waals surface area contributed by atoms with E-state index < -0.39 is 56.9 Å². The van der Waals surface area contributed by atoms with Gasteiger partial charge in [-0.15, -0.1) is 0 Å². The van der Waals surface area contributed by atoms with Gasteiger partial charge in [0, 0.05) is 40.6 Å². The predicted molar refractivity (Wildman–Crippen MR) is 188 cm³/mol. The zero-order valence-electron chi connectivity index (χ0n) is 28.2. The molecule has 16 heteroatoms. The maximum atomic E-state index is 15.4. The SMILES string of the molecule is CCOc1c(CC(N)=O)cc([C@@](O)(CNC(=O)c2cc(OC)c3nn(C4CC4)cc3c2)c2cccc(S(C)(=O)=O)c2)nc1-c1cc(Cl)c(F)cc1F. The van der Waals surface area contributed by atoms with Gasteiger partial charge in [0.2, 0.25) is 5.91 Å². The zero-order chi connectivity index (χ0) is 37.5. The molecule has 5 aromatic rings. The van der Waals surface area contributed by atoms with Gasteiger partial charge in [0.05, 0.1) is 48.3 Å². The number of carbonyl (C=O) groups excluding carboxylic acids is 2. The number of benzene rings is 3. The summed E-state index contributed by atoms with van der Waals surface area (Å²) >= 11 is 6.04. The highest BCUT2D eigenvalue weighted by atomic mass is 35.5. The summed E-state index contributed by atoms with van der Waals surface area (Å²) in [5, 5.41) is 20.2. The number of sulfone groups is 1. The molecular weight excluding hydrogens is 720 g/mol. The average Bonchev–Trinajstić information content (AvgIpc) is 3.86. The van der Waals surface area contributed by atoms with Crippen molar-refractivity contribution in [3.8, 4) is 22.8 Å². The van der Waals surface area contributed by atoms with E-state index >= 15 is 4.39 Å². The molecule has 0 unspecified atom stereocenters. The van der Waals surface area contributed by atoms with Crippen LogP contribution in [0.5, 0.6) is 11.5 Å². The van der Waals surface area contributed by atoms with Crippen molar-refractivity contribution in [2.45, 2.75) is 42.7 Å². The van der Waals surface area contributed by atoms with Gasteiger partial charge in [-0.25, -0.2) is 22.2 Å². The lowest BCUT2D eigenvalue weighted by Gasteiger charge is -2.30. The number of hydrogen-bond donors (Lipinski definition) is 3. The third-order valence-electron chi connectivity index (χ3n) is 8.63. The molecule has 272 valence electrons. The molecule has 1 atom stereocenters. The van der Waals surface area contributed by atoms with Gasteiger partial charge in [-0.1, -0.05) is 23.7 Å². The molecule has 0 radical (unpaired) electrons. The van der Waals surface area contributed by atoms with Crippen LogP contribution < -0.4 is 20.5 Å². The topological polar surface area (TPSA) is 176 Å². The number of nitrogens with two attached hydrogens (primary N) is 1. The summed E-state index contributed by atoms with van der Waals surface area (Å²) in [7, 11) is -2.34. The standard InChI is InChI=1S/C36H34ClF2N5O7S/c1-4-51-34-19(13-31(40)45)12-30(42-33(34)25-15-26(37)28(39)16-27(25)38)36(47,22-6-5-7-24(14-22)52(3,48)49)18-41-35(46)20-10-21-17-44(23-8-9-23)43-32(21)29(11-20)50-2/h5-7,10-12,14-17,23,47H,4,8-9,13,18H2,1-3H3,(H2,40,45)(H,41,46)/t36-/m1/s1. The maximum Gasteiger partial charge on any atom is 0.251 e. The first kappa shape index (κ1) is 36.7. The van der Waals surface area contributed by atoms with Gasteiger partial charge in [0.15, 0.2) is 9.84 Å². The van der Waals surface area contributed by atoms with Gasteiger partial charge in [0.1, 0.15) is 39.9 Å². The Morgan fingerprint density at radius 2 is 1.88 bits per heavy atom. The molecule has 1 saturated carbocycles. The van der Waals surface area contributed by atoms with Gasteiger partial charge in [-0.2, -0.15) is 5.10 Å². The lowest BCUT2D eigenvalue weighted by atomic mass is 9.87. The van der Waals surface area contributed by atoms with E-state index in [2.05, 4.69) is 15.4 Å². The van der Waals surface area contributed by atoms with Crippen molar-refractivity contribution in [1.29, 1.82) is 0 Å². The second-order valence-electron chi connectivity index (χ2n) is 12.5. The number of fused-ring (bicyclic) bond motifs is 1. The fourth-order valence-electron chi connectivity index (χ4n) is 5.88. The van der Waals surface area contributed by atoms with Gasteiger partial charge in [0.25, 0.3) is 5.91 Å². The van der Waals surface area contributed by atoms with Crippen molar-refractivity contribution < 1.29 is 41.4 Å². The second-order valence-corrected chi connectivity index (χ2v) is 14.9. The Labute approximate surface area is 302 Å². The van der Waals surface area contributed by atoms with Crippen LogP contribution in [0, 0.1) is 11.6 Å². The van der Waals surface area contributed by atoms with Gasteiger partial charge in [-0.05, 0) is 61.7 Å². The third kappa shape index (κ3) is 7.29. The summed E-state index contributed by atoms with van der Waals surface area (Å²) in [6, 6.07) is 11.6. The van der Waals surface area contributed by atoms with Crippen LogP contribution in [0.15, 0.2) is 65.7 Å². The van der Waals surface area contributed by atoms with E-state index in [4.69, 9.17) is 26.8 Å². The van der Waals surface area contributed by atoms with Crippen LogP contribution in [0.2, 0.25) is 5.02 Å². The molecular formula is C36H34ClF2N5O7S. The van der Waals surface area contributed by atoms with Gasteiger partial charge >= 0.3 is 0 Å². The number of carbonyl (C=O) groups is 2. The number of rotatable bonds is 13. The molecule has 0 saturated heterocycles. The molecule has 1 aliphatic carbocycles. The van der Waals surface area contributed by atoms with Crippen LogP contribution >= 0.6 is 11.6 Å². The summed E-state index contributed by atoms with van der Waals surface area (Å²) < 4.78 is 68.1. The van der Waals surface area contributed by atoms with Crippen LogP contribution in [0.25, 0.3) is 22.2 Å². The zero-order valence-corrected chi connectivity index (χ0v) is 29.8. The van der Waals surface area contributed by atoms with Crippen molar-refractivity contribution in [3.05, 3.63) is 99.8 Å². The lowest BCUT2D eigenvalue weighted by Crippen LogP contribution is -2.42. The molecule has 0 bridgehead atoms. The number of aliphatic hydroxyl groups is 1. The highest BCUT2D eigenvalue weighted by Crippen LogP contribution is 2.40. The first-order valence-corrected chi connectivity index (χ1v) is 18.4. The summed E-state index contributed by atoms with van der Waals surface area (Å²) in [6.07, 6.45) is 4.33. The van der Waals surface area contributed by atoms with Crippen molar-refractivity contribution in [3.63, 3.8) is 0 Å². The molecule has 4 N–H and O–H groups in total. The molecule has 3 aromatic carbocycles. The smallest absolute Gasteiger partial charge is 0.251 e. The molecule has 52 heavy (non-hydrogen) atoms. The van der Waals surface area contributed by atoms with Gasteiger partial charge < -0.3 is 25.6 Å². The van der Waals surface area contributed by atoms with E-state index in [1.807, 2.05) is 10.9 Å². The molecule has 1 aliphatic rings. The Hall–Kier alpha value is -5.12. The van der Waals surface area contributed by atoms with E-state index in [1.165, 1.54) is 43.5 Å². The minimum absolute atomic E-state index is 0.0280. The fraction of sp³-hybridized carbons (Fsp3) is 0.278. The summed E-state index contributed by atoms with van der Waals surface area (Å²) in [4.78, 5) is 30.5. The number of primary amides is 1. The second kappa shape index (κ2) is 14.1. The van der Waals surface area contributed by atoms with Crippen molar-refractivity contribution >= 4 is 44.2 Å². The third-order valence-corrected chi connectivity index (χ3v) is 10.0. The normalized spacial score (nSPS) is 14.2. The molecule has 12 nitrogen and oxygen atoms in total. The first-order valence-electron chi connectivity index (χ1n) is 16.1. The molecule has 2 aromatic heterocycles. The molecule has 2 heterocycles. The van der Waals surface area contributed by atoms with Crippen LogP contribution in [0.3, 0.4) is 0 Å². The monoisotopic (exact) mass is 753 g/mol. The summed E-state index contributed by atoms with van der Waals surface area (Å²) in [6.45, 7) is 1.05.